The normalized spacial score (nSPS) is 27.9. The minimum atomic E-state index is -0.250. The zero-order valence-corrected chi connectivity index (χ0v) is 4.00. The highest BCUT2D eigenvalue weighted by Crippen LogP contribution is 1.98. The molecule has 3 nitrogen and oxygen atoms in total. The van der Waals surface area contributed by atoms with Gasteiger partial charge in [-0.1, -0.05) is 0 Å². The predicted octanol–water partition coefficient (Wildman–Crippen LogP) is 0.0222. The molecule has 0 fully saturated rings. The molecule has 0 saturated carbocycles. The van der Waals surface area contributed by atoms with E-state index < -0.39 is 0 Å². The highest BCUT2D eigenvalue weighted by molar-refractivity contribution is 4.84. The van der Waals surface area contributed by atoms with Crippen LogP contribution < -0.4 is 5.48 Å². The Morgan fingerprint density at radius 3 is 3.00 bits per heavy atom. The first-order chi connectivity index (χ1) is 3.43. The summed E-state index contributed by atoms with van der Waals surface area (Å²) >= 11 is 0. The Kier molecular flexibility index (Phi) is 1.29. The molecule has 0 aromatic rings. The minimum Gasteiger partial charge on any atom is -0.350 e. The van der Waals surface area contributed by atoms with Gasteiger partial charge in [0.2, 0.25) is 6.29 Å². The average Bonchev–Trinajstić information content (AvgIpc) is 2.14. The van der Waals surface area contributed by atoms with Gasteiger partial charge in [0.15, 0.2) is 0 Å². The Balaban J connectivity index is 2.28. The maximum Gasteiger partial charge on any atom is 0.206 e. The summed E-state index contributed by atoms with van der Waals surface area (Å²) in [6.45, 7) is 0. The van der Waals surface area contributed by atoms with Crippen LogP contribution in [0.5, 0.6) is 0 Å². The highest BCUT2D eigenvalue weighted by atomic mass is 16.8. The molecule has 1 rings (SSSR count). The Bertz CT molecular complexity index is 81.8. The van der Waals surface area contributed by atoms with Gasteiger partial charge in [-0.15, -0.1) is 5.48 Å². The largest absolute Gasteiger partial charge is 0.350 e. The molecule has 39 valence electrons. The number of nitrogens with zero attached hydrogens (tertiary/aromatic N) is 1. The quantitative estimate of drug-likeness (QED) is 0.465. The second-order valence-corrected chi connectivity index (χ2v) is 1.16. The molecule has 1 unspecified atom stereocenters. The van der Waals surface area contributed by atoms with E-state index in [1.54, 1.807) is 19.4 Å². The molecule has 0 aliphatic carbocycles. The minimum absolute atomic E-state index is 0.250. The van der Waals surface area contributed by atoms with E-state index in [0.29, 0.717) is 0 Å². The lowest BCUT2D eigenvalue weighted by molar-refractivity contribution is -0.111. The molecule has 0 N–H and O–H groups in total. The van der Waals surface area contributed by atoms with Crippen molar-refractivity contribution in [3.05, 3.63) is 12.3 Å². The molecule has 1 radical (unpaired) electrons. The molecule has 0 aromatic carbocycles. The lowest BCUT2D eigenvalue weighted by Gasteiger charge is -1.99. The van der Waals surface area contributed by atoms with Crippen molar-refractivity contribution < 1.29 is 9.57 Å². The standard InChI is InChI=1S/C4H6NO2/c1-6-4-2-3-5-7-4/h2-4H,1H3. The van der Waals surface area contributed by atoms with E-state index in [0.717, 1.165) is 0 Å². The van der Waals surface area contributed by atoms with Crippen LogP contribution in [-0.4, -0.2) is 13.4 Å². The van der Waals surface area contributed by atoms with E-state index in [2.05, 4.69) is 10.3 Å². The zero-order chi connectivity index (χ0) is 5.11. The van der Waals surface area contributed by atoms with E-state index in [1.165, 1.54) is 0 Å². The maximum absolute atomic E-state index is 4.71. The number of hydroxylamine groups is 1. The summed E-state index contributed by atoms with van der Waals surface area (Å²) in [6, 6.07) is 0. The Labute approximate surface area is 41.9 Å². The fourth-order valence-electron chi connectivity index (χ4n) is 0.357. The molecule has 3 heteroatoms. The van der Waals surface area contributed by atoms with Crippen molar-refractivity contribution in [2.24, 2.45) is 0 Å². The lowest BCUT2D eigenvalue weighted by atomic mass is 10.6. The molecular formula is C4H6NO2. The van der Waals surface area contributed by atoms with Crippen LogP contribution in [0.2, 0.25) is 0 Å². The van der Waals surface area contributed by atoms with Gasteiger partial charge in [0.05, 0.1) is 6.20 Å². The number of methoxy groups -OCH3 is 1. The molecule has 1 atom stereocenters. The second-order valence-electron chi connectivity index (χ2n) is 1.16. The third-order valence-corrected chi connectivity index (χ3v) is 0.701. The van der Waals surface area contributed by atoms with Gasteiger partial charge in [-0.2, -0.15) is 0 Å². The number of hydrogen-bond donors (Lipinski definition) is 0. The molecule has 1 aliphatic heterocycles. The molecule has 0 aromatic heterocycles. The van der Waals surface area contributed by atoms with Crippen LogP contribution in [-0.2, 0) is 9.57 Å². The van der Waals surface area contributed by atoms with Gasteiger partial charge in [0.1, 0.15) is 0 Å². The van der Waals surface area contributed by atoms with Crippen LogP contribution in [0.3, 0.4) is 0 Å². The maximum atomic E-state index is 4.71. The third-order valence-electron chi connectivity index (χ3n) is 0.701. The van der Waals surface area contributed by atoms with Gasteiger partial charge in [-0.3, -0.25) is 0 Å². The number of ether oxygens (including phenoxy) is 1. The fraction of sp³-hybridized carbons (Fsp3) is 0.500. The monoisotopic (exact) mass is 100 g/mol. The average molecular weight is 100 g/mol. The van der Waals surface area contributed by atoms with Gasteiger partial charge in [0, 0.05) is 7.11 Å². The van der Waals surface area contributed by atoms with Gasteiger partial charge in [-0.25, -0.2) is 4.84 Å². The van der Waals surface area contributed by atoms with Crippen LogP contribution in [0.1, 0.15) is 0 Å². The molecule has 7 heavy (non-hydrogen) atoms. The highest BCUT2D eigenvalue weighted by Gasteiger charge is 2.06. The first kappa shape index (κ1) is 4.61. The summed E-state index contributed by atoms with van der Waals surface area (Å²) < 4.78 is 4.71. The van der Waals surface area contributed by atoms with Crippen LogP contribution >= 0.6 is 0 Å². The van der Waals surface area contributed by atoms with E-state index in [1.807, 2.05) is 0 Å². The van der Waals surface area contributed by atoms with Crippen LogP contribution in [0.4, 0.5) is 0 Å². The van der Waals surface area contributed by atoms with Crippen molar-refractivity contribution in [2.75, 3.05) is 7.11 Å². The Morgan fingerprint density at radius 2 is 2.71 bits per heavy atom. The summed E-state index contributed by atoms with van der Waals surface area (Å²) in [6.07, 6.45) is 3.04. The van der Waals surface area contributed by atoms with Crippen LogP contribution in [0.25, 0.3) is 0 Å². The molecule has 0 bridgehead atoms. The smallest absolute Gasteiger partial charge is 0.206 e. The fourth-order valence-corrected chi connectivity index (χ4v) is 0.357. The summed E-state index contributed by atoms with van der Waals surface area (Å²) in [5.41, 5.74) is 3.43. The molecule has 1 aliphatic rings. The van der Waals surface area contributed by atoms with Crippen molar-refractivity contribution in [3.63, 3.8) is 0 Å². The SMILES string of the molecule is COC1C=C[N]O1. The third kappa shape index (κ3) is 0.913. The number of hydrogen-bond acceptors (Lipinski definition) is 2. The van der Waals surface area contributed by atoms with Crippen molar-refractivity contribution in [2.45, 2.75) is 6.29 Å². The van der Waals surface area contributed by atoms with Crippen LogP contribution in [0, 0.1) is 0 Å². The van der Waals surface area contributed by atoms with E-state index in [9.17, 15) is 0 Å². The topological polar surface area (TPSA) is 32.6 Å². The zero-order valence-electron chi connectivity index (χ0n) is 4.00. The second kappa shape index (κ2) is 1.95. The molecule has 1 heterocycles. The summed E-state index contributed by atoms with van der Waals surface area (Å²) in [5, 5.41) is 0. The Hall–Kier alpha value is -0.540. The van der Waals surface area contributed by atoms with Crippen LogP contribution in [0.15, 0.2) is 12.3 Å². The molecule has 0 amide bonds. The molecular weight excluding hydrogens is 94.0 g/mol. The summed E-state index contributed by atoms with van der Waals surface area (Å²) in [4.78, 5) is 4.59. The summed E-state index contributed by atoms with van der Waals surface area (Å²) in [5.74, 6) is 0. The van der Waals surface area contributed by atoms with Crippen molar-refractivity contribution in [1.82, 2.24) is 5.48 Å². The van der Waals surface area contributed by atoms with Crippen molar-refractivity contribution in [1.29, 1.82) is 0 Å². The molecule has 0 saturated heterocycles. The van der Waals surface area contributed by atoms with Crippen molar-refractivity contribution in [3.8, 4) is 0 Å². The van der Waals surface area contributed by atoms with Crippen molar-refractivity contribution >= 4 is 0 Å². The van der Waals surface area contributed by atoms with E-state index in [-0.39, 0.29) is 6.29 Å². The van der Waals surface area contributed by atoms with Gasteiger partial charge < -0.3 is 4.74 Å². The first-order valence-electron chi connectivity index (χ1n) is 1.99. The van der Waals surface area contributed by atoms with E-state index in [4.69, 9.17) is 4.74 Å². The summed E-state index contributed by atoms with van der Waals surface area (Å²) in [7, 11) is 1.57. The first-order valence-corrected chi connectivity index (χ1v) is 1.99. The Morgan fingerprint density at radius 1 is 1.86 bits per heavy atom. The van der Waals surface area contributed by atoms with E-state index >= 15 is 0 Å². The van der Waals surface area contributed by atoms with Gasteiger partial charge in [-0.05, 0) is 6.08 Å². The van der Waals surface area contributed by atoms with Gasteiger partial charge in [0.25, 0.3) is 0 Å². The predicted molar refractivity (Wildman–Crippen MR) is 23.2 cm³/mol. The molecule has 0 spiro atoms. The lowest BCUT2D eigenvalue weighted by Crippen LogP contribution is -2.07. The number of rotatable bonds is 1. The van der Waals surface area contributed by atoms with Gasteiger partial charge >= 0.3 is 0 Å².